The number of para-hydroxylation sites is 1. The number of hydrogen-bond donors (Lipinski definition) is 1. The molecule has 1 aromatic carbocycles. The summed E-state index contributed by atoms with van der Waals surface area (Å²) in [5.74, 6) is -0.428. The van der Waals surface area contributed by atoms with Gasteiger partial charge in [-0.25, -0.2) is 9.78 Å². The van der Waals surface area contributed by atoms with Crippen molar-refractivity contribution < 1.29 is 9.90 Å². The van der Waals surface area contributed by atoms with Gasteiger partial charge in [0.15, 0.2) is 0 Å². The van der Waals surface area contributed by atoms with E-state index in [1.54, 1.807) is 18.5 Å². The third kappa shape index (κ3) is 1.98. The first-order valence-corrected chi connectivity index (χ1v) is 6.25. The van der Waals surface area contributed by atoms with E-state index in [1.165, 1.54) is 0 Å². The first kappa shape index (κ1) is 12.6. The molecule has 0 aliphatic carbocycles. The van der Waals surface area contributed by atoms with Crippen molar-refractivity contribution in [3.05, 3.63) is 30.1 Å². The predicted molar refractivity (Wildman–Crippen MR) is 70.9 cm³/mol. The van der Waals surface area contributed by atoms with Gasteiger partial charge in [-0.05, 0) is 25.0 Å². The highest BCUT2D eigenvalue weighted by atomic mass is 16.4. The second-order valence-electron chi connectivity index (χ2n) is 4.76. The summed E-state index contributed by atoms with van der Waals surface area (Å²) in [6, 6.07) is 5.45. The SMILES string of the molecule is CCC(C)C(C)n1cnc2cccc(C(=O)O)c21. The Bertz CT molecular complexity index is 574. The number of aromatic nitrogens is 2. The number of carbonyl (C=O) groups is 1. The van der Waals surface area contributed by atoms with Gasteiger partial charge in [-0.1, -0.05) is 26.3 Å². The van der Waals surface area contributed by atoms with Gasteiger partial charge in [-0.3, -0.25) is 0 Å². The van der Waals surface area contributed by atoms with E-state index in [0.29, 0.717) is 11.5 Å². The first-order valence-electron chi connectivity index (χ1n) is 6.25. The number of carboxylic acid groups (broad SMARTS) is 1. The van der Waals surface area contributed by atoms with E-state index in [0.717, 1.165) is 17.5 Å². The standard InChI is InChI=1S/C14H18N2O2/c1-4-9(2)10(3)16-8-15-12-7-5-6-11(13(12)16)14(17)18/h5-10H,4H2,1-3H3,(H,17,18). The molecule has 0 amide bonds. The lowest BCUT2D eigenvalue weighted by Gasteiger charge is -2.21. The van der Waals surface area contributed by atoms with E-state index in [-0.39, 0.29) is 6.04 Å². The van der Waals surface area contributed by atoms with Crippen LogP contribution in [0.15, 0.2) is 24.5 Å². The number of benzene rings is 1. The van der Waals surface area contributed by atoms with Crippen LogP contribution in [0.2, 0.25) is 0 Å². The van der Waals surface area contributed by atoms with Gasteiger partial charge in [0.1, 0.15) is 0 Å². The summed E-state index contributed by atoms with van der Waals surface area (Å²) in [7, 11) is 0. The second kappa shape index (κ2) is 4.80. The molecule has 0 saturated carbocycles. The van der Waals surface area contributed by atoms with Crippen LogP contribution in [0.1, 0.15) is 43.6 Å². The Morgan fingerprint density at radius 2 is 2.17 bits per heavy atom. The average Bonchev–Trinajstić information content (AvgIpc) is 2.80. The zero-order chi connectivity index (χ0) is 13.3. The van der Waals surface area contributed by atoms with Gasteiger partial charge in [0, 0.05) is 6.04 Å². The molecule has 1 aromatic heterocycles. The van der Waals surface area contributed by atoms with Crippen molar-refractivity contribution in [3.8, 4) is 0 Å². The van der Waals surface area contributed by atoms with Gasteiger partial charge in [-0.2, -0.15) is 0 Å². The highest BCUT2D eigenvalue weighted by Crippen LogP contribution is 2.27. The van der Waals surface area contributed by atoms with Crippen molar-refractivity contribution in [3.63, 3.8) is 0 Å². The Morgan fingerprint density at radius 1 is 1.44 bits per heavy atom. The predicted octanol–water partition coefficient (Wildman–Crippen LogP) is 3.34. The van der Waals surface area contributed by atoms with Crippen LogP contribution in [0, 0.1) is 5.92 Å². The number of aromatic carboxylic acids is 1. The third-order valence-electron chi connectivity index (χ3n) is 3.73. The highest BCUT2D eigenvalue weighted by Gasteiger charge is 2.19. The molecule has 4 nitrogen and oxygen atoms in total. The Kier molecular flexibility index (Phi) is 3.36. The Morgan fingerprint density at radius 3 is 2.78 bits per heavy atom. The Labute approximate surface area is 106 Å². The van der Waals surface area contributed by atoms with E-state index >= 15 is 0 Å². The second-order valence-corrected chi connectivity index (χ2v) is 4.76. The van der Waals surface area contributed by atoms with Crippen molar-refractivity contribution in [2.75, 3.05) is 0 Å². The molecule has 0 saturated heterocycles. The number of carboxylic acids is 1. The third-order valence-corrected chi connectivity index (χ3v) is 3.73. The summed E-state index contributed by atoms with van der Waals surface area (Å²) >= 11 is 0. The molecule has 2 aromatic rings. The van der Waals surface area contributed by atoms with E-state index < -0.39 is 5.97 Å². The number of fused-ring (bicyclic) bond motifs is 1. The molecule has 2 atom stereocenters. The van der Waals surface area contributed by atoms with Crippen LogP contribution in [0.25, 0.3) is 11.0 Å². The maximum atomic E-state index is 11.3. The Balaban J connectivity index is 2.62. The van der Waals surface area contributed by atoms with Crippen molar-refractivity contribution in [1.29, 1.82) is 0 Å². The first-order chi connectivity index (χ1) is 8.56. The average molecular weight is 246 g/mol. The summed E-state index contributed by atoms with van der Waals surface area (Å²) < 4.78 is 1.98. The van der Waals surface area contributed by atoms with Crippen LogP contribution >= 0.6 is 0 Å². The van der Waals surface area contributed by atoms with E-state index in [2.05, 4.69) is 25.8 Å². The molecule has 2 rings (SSSR count). The van der Waals surface area contributed by atoms with Crippen molar-refractivity contribution in [2.45, 2.75) is 33.2 Å². The fourth-order valence-corrected chi connectivity index (χ4v) is 2.19. The monoisotopic (exact) mass is 246 g/mol. The summed E-state index contributed by atoms with van der Waals surface area (Å²) in [5.41, 5.74) is 1.78. The van der Waals surface area contributed by atoms with Crippen LogP contribution in [-0.4, -0.2) is 20.6 Å². The molecule has 1 heterocycles. The van der Waals surface area contributed by atoms with E-state index in [1.807, 2.05) is 10.6 Å². The summed E-state index contributed by atoms with van der Waals surface area (Å²) in [5, 5.41) is 9.26. The molecule has 96 valence electrons. The fourth-order valence-electron chi connectivity index (χ4n) is 2.19. The van der Waals surface area contributed by atoms with E-state index in [9.17, 15) is 9.90 Å². The molecule has 0 radical (unpaired) electrons. The summed E-state index contributed by atoms with van der Waals surface area (Å²) in [6.45, 7) is 6.41. The van der Waals surface area contributed by atoms with Crippen LogP contribution in [-0.2, 0) is 0 Å². The fraction of sp³-hybridized carbons (Fsp3) is 0.429. The molecule has 2 unspecified atom stereocenters. The number of nitrogens with zero attached hydrogens (tertiary/aromatic N) is 2. The lowest BCUT2D eigenvalue weighted by Crippen LogP contribution is -2.14. The maximum Gasteiger partial charge on any atom is 0.337 e. The molecule has 0 aliphatic rings. The lowest BCUT2D eigenvalue weighted by molar-refractivity contribution is 0.0698. The molecule has 18 heavy (non-hydrogen) atoms. The smallest absolute Gasteiger partial charge is 0.337 e. The normalized spacial score (nSPS) is 14.6. The molecule has 0 aliphatic heterocycles. The maximum absolute atomic E-state index is 11.3. The number of hydrogen-bond acceptors (Lipinski definition) is 2. The van der Waals surface area contributed by atoms with Gasteiger partial charge in [-0.15, -0.1) is 0 Å². The van der Waals surface area contributed by atoms with Crippen LogP contribution in [0.4, 0.5) is 0 Å². The topological polar surface area (TPSA) is 55.1 Å². The quantitative estimate of drug-likeness (QED) is 0.900. The minimum atomic E-state index is -0.904. The number of imidazole rings is 1. The zero-order valence-electron chi connectivity index (χ0n) is 10.9. The van der Waals surface area contributed by atoms with Crippen molar-refractivity contribution >= 4 is 17.0 Å². The minimum Gasteiger partial charge on any atom is -0.478 e. The van der Waals surface area contributed by atoms with Gasteiger partial charge in [0.25, 0.3) is 0 Å². The minimum absolute atomic E-state index is 0.237. The molecular weight excluding hydrogens is 228 g/mol. The van der Waals surface area contributed by atoms with Gasteiger partial charge >= 0.3 is 5.97 Å². The van der Waals surface area contributed by atoms with Crippen LogP contribution < -0.4 is 0 Å². The summed E-state index contributed by atoms with van der Waals surface area (Å²) in [4.78, 5) is 15.6. The zero-order valence-corrected chi connectivity index (χ0v) is 10.9. The lowest BCUT2D eigenvalue weighted by atomic mass is 10.0. The van der Waals surface area contributed by atoms with Crippen molar-refractivity contribution in [2.24, 2.45) is 5.92 Å². The largest absolute Gasteiger partial charge is 0.478 e. The highest BCUT2D eigenvalue weighted by molar-refractivity contribution is 6.01. The summed E-state index contributed by atoms with van der Waals surface area (Å²) in [6.07, 6.45) is 2.80. The van der Waals surface area contributed by atoms with Gasteiger partial charge in [0.2, 0.25) is 0 Å². The van der Waals surface area contributed by atoms with Crippen LogP contribution in [0.5, 0.6) is 0 Å². The molecule has 4 heteroatoms. The van der Waals surface area contributed by atoms with Crippen LogP contribution in [0.3, 0.4) is 0 Å². The van der Waals surface area contributed by atoms with Crippen molar-refractivity contribution in [1.82, 2.24) is 9.55 Å². The van der Waals surface area contributed by atoms with Gasteiger partial charge in [0.05, 0.1) is 22.9 Å². The number of rotatable bonds is 4. The molecule has 0 bridgehead atoms. The Hall–Kier alpha value is -1.84. The molecule has 0 fully saturated rings. The molecule has 0 spiro atoms. The molecule has 1 N–H and O–H groups in total. The molecular formula is C14H18N2O2. The van der Waals surface area contributed by atoms with Gasteiger partial charge < -0.3 is 9.67 Å². The van der Waals surface area contributed by atoms with E-state index in [4.69, 9.17) is 0 Å².